The Kier molecular flexibility index (Phi) is 6.92. The molecule has 1 aromatic carbocycles. The highest BCUT2D eigenvalue weighted by molar-refractivity contribution is 7.80. The largest absolute Gasteiger partial charge is 0.361 e. The van der Waals surface area contributed by atoms with Gasteiger partial charge in [0.1, 0.15) is 16.8 Å². The summed E-state index contributed by atoms with van der Waals surface area (Å²) in [4.78, 5) is 11.2. The number of halogens is 2. The van der Waals surface area contributed by atoms with Gasteiger partial charge in [-0.25, -0.2) is 9.37 Å². The molecule has 4 rings (SSSR count). The first-order chi connectivity index (χ1) is 14.9. The van der Waals surface area contributed by atoms with Gasteiger partial charge >= 0.3 is 0 Å². The van der Waals surface area contributed by atoms with E-state index in [1.165, 1.54) is 18.6 Å². The van der Waals surface area contributed by atoms with Crippen molar-refractivity contribution in [1.82, 2.24) is 15.3 Å². The van der Waals surface area contributed by atoms with Crippen LogP contribution in [0.4, 0.5) is 16.2 Å². The van der Waals surface area contributed by atoms with Crippen LogP contribution in [0.25, 0.3) is 0 Å². The minimum Gasteiger partial charge on any atom is -0.361 e. The second-order valence-corrected chi connectivity index (χ2v) is 9.51. The van der Waals surface area contributed by atoms with Crippen LogP contribution in [0.2, 0.25) is 5.15 Å². The first-order valence-corrected chi connectivity index (χ1v) is 11.9. The number of aromatic nitrogens is 2. The highest BCUT2D eigenvalue weighted by Crippen LogP contribution is 2.40. The quantitative estimate of drug-likeness (QED) is 0.456. The Hall–Kier alpha value is -1.99. The summed E-state index contributed by atoms with van der Waals surface area (Å²) in [7, 11) is 0. The monoisotopic (exact) mass is 461 g/mol. The lowest BCUT2D eigenvalue weighted by Crippen LogP contribution is -2.41. The molecule has 5 nitrogen and oxygen atoms in total. The maximum Gasteiger partial charge on any atom is 0.232 e. The number of anilines is 2. The number of nitrogens with one attached hydrogen (secondary N) is 2. The van der Waals surface area contributed by atoms with Crippen molar-refractivity contribution in [3.05, 3.63) is 46.9 Å². The molecule has 2 fully saturated rings. The Labute approximate surface area is 193 Å². The standard InChI is InChI=1S/C23H29ClFN5S/c1-16-6-2-5-13-30(16)20-14-19(24)27-21(28-20)29-22(31)26-15-23(11-3-4-12-23)17-7-9-18(25)10-8-17/h7-10,14,16H,2-6,11-13,15H2,1H3,(H2,26,27,28,29,31)/t16-/m0/s1. The van der Waals surface area contributed by atoms with Crippen LogP contribution in [0, 0.1) is 5.82 Å². The predicted molar refractivity (Wildman–Crippen MR) is 128 cm³/mol. The number of piperidine rings is 1. The number of hydrogen-bond acceptors (Lipinski definition) is 4. The van der Waals surface area contributed by atoms with Gasteiger partial charge in [-0.2, -0.15) is 4.98 Å². The zero-order chi connectivity index (χ0) is 21.8. The van der Waals surface area contributed by atoms with Crippen molar-refractivity contribution in [3.63, 3.8) is 0 Å². The topological polar surface area (TPSA) is 53.1 Å². The van der Waals surface area contributed by atoms with Gasteiger partial charge in [0.05, 0.1) is 0 Å². The van der Waals surface area contributed by atoms with E-state index in [-0.39, 0.29) is 11.2 Å². The van der Waals surface area contributed by atoms with E-state index in [0.717, 1.165) is 56.5 Å². The van der Waals surface area contributed by atoms with E-state index in [4.69, 9.17) is 23.8 Å². The van der Waals surface area contributed by atoms with E-state index in [1.54, 1.807) is 0 Å². The van der Waals surface area contributed by atoms with Gasteiger partial charge in [-0.15, -0.1) is 0 Å². The summed E-state index contributed by atoms with van der Waals surface area (Å²) >= 11 is 11.8. The van der Waals surface area contributed by atoms with Crippen molar-refractivity contribution in [2.45, 2.75) is 63.3 Å². The molecule has 2 aromatic rings. The highest BCUT2D eigenvalue weighted by Gasteiger charge is 2.35. The fourth-order valence-corrected chi connectivity index (χ4v) is 5.21. The van der Waals surface area contributed by atoms with Gasteiger partial charge in [-0.3, -0.25) is 0 Å². The molecule has 0 spiro atoms. The van der Waals surface area contributed by atoms with Gasteiger partial charge in [0.2, 0.25) is 5.95 Å². The molecule has 1 aliphatic carbocycles. The Bertz CT molecular complexity index is 917. The van der Waals surface area contributed by atoms with Crippen molar-refractivity contribution in [3.8, 4) is 0 Å². The maximum atomic E-state index is 13.4. The molecular weight excluding hydrogens is 433 g/mol. The van der Waals surface area contributed by atoms with Crippen LogP contribution >= 0.6 is 23.8 Å². The molecule has 1 aromatic heterocycles. The average molecular weight is 462 g/mol. The summed E-state index contributed by atoms with van der Waals surface area (Å²) in [5, 5.41) is 7.31. The zero-order valence-corrected chi connectivity index (χ0v) is 19.4. The molecule has 0 bridgehead atoms. The minimum absolute atomic E-state index is 0.0387. The van der Waals surface area contributed by atoms with Crippen LogP contribution in [0.3, 0.4) is 0 Å². The molecule has 8 heteroatoms. The first-order valence-electron chi connectivity index (χ1n) is 11.1. The Morgan fingerprint density at radius 1 is 1.19 bits per heavy atom. The van der Waals surface area contributed by atoms with Gasteiger partial charge in [0.25, 0.3) is 0 Å². The second kappa shape index (κ2) is 9.65. The summed E-state index contributed by atoms with van der Waals surface area (Å²) in [5.41, 5.74) is 1.12. The Morgan fingerprint density at radius 2 is 1.94 bits per heavy atom. The van der Waals surface area contributed by atoms with E-state index < -0.39 is 0 Å². The van der Waals surface area contributed by atoms with Gasteiger partial charge in [0, 0.05) is 30.6 Å². The van der Waals surface area contributed by atoms with Crippen molar-refractivity contribution >= 4 is 40.7 Å². The van der Waals surface area contributed by atoms with Gasteiger partial charge < -0.3 is 15.5 Å². The van der Waals surface area contributed by atoms with Crippen LogP contribution in [-0.4, -0.2) is 34.2 Å². The molecule has 1 saturated heterocycles. The van der Waals surface area contributed by atoms with E-state index in [0.29, 0.717) is 28.8 Å². The normalized spacial score (nSPS) is 20.5. The molecule has 1 saturated carbocycles. The molecule has 2 heterocycles. The van der Waals surface area contributed by atoms with Crippen molar-refractivity contribution in [2.24, 2.45) is 0 Å². The number of thiocarbonyl (C=S) groups is 1. The van der Waals surface area contributed by atoms with Gasteiger partial charge in [-0.1, -0.05) is 36.6 Å². The lowest BCUT2D eigenvalue weighted by atomic mass is 9.79. The average Bonchev–Trinajstić information content (AvgIpc) is 3.23. The van der Waals surface area contributed by atoms with Crippen LogP contribution in [0.5, 0.6) is 0 Å². The lowest BCUT2D eigenvalue weighted by molar-refractivity contribution is 0.434. The fraction of sp³-hybridized carbons (Fsp3) is 0.522. The van der Waals surface area contributed by atoms with Crippen LogP contribution in [0.15, 0.2) is 30.3 Å². The molecule has 2 N–H and O–H groups in total. The number of hydrogen-bond donors (Lipinski definition) is 2. The smallest absolute Gasteiger partial charge is 0.232 e. The van der Waals surface area contributed by atoms with Gasteiger partial charge in [-0.05, 0) is 68.9 Å². The van der Waals surface area contributed by atoms with E-state index >= 15 is 0 Å². The SMILES string of the molecule is C[C@H]1CCCCN1c1cc(Cl)nc(NC(=S)NCC2(c3ccc(F)cc3)CCCC2)n1. The fourth-order valence-electron chi connectivity index (χ4n) is 4.87. The molecular formula is C23H29ClFN5S. The van der Waals surface area contributed by atoms with Crippen molar-refractivity contribution in [1.29, 1.82) is 0 Å². The molecule has 0 amide bonds. The highest BCUT2D eigenvalue weighted by atomic mass is 35.5. The first kappa shape index (κ1) is 22.2. The summed E-state index contributed by atoms with van der Waals surface area (Å²) in [6.45, 7) is 3.86. The predicted octanol–water partition coefficient (Wildman–Crippen LogP) is 5.45. The molecule has 0 radical (unpaired) electrons. The molecule has 166 valence electrons. The van der Waals surface area contributed by atoms with Crippen LogP contribution in [0.1, 0.15) is 57.4 Å². The van der Waals surface area contributed by atoms with Crippen LogP contribution in [-0.2, 0) is 5.41 Å². The van der Waals surface area contributed by atoms with Gasteiger partial charge in [0.15, 0.2) is 5.11 Å². The van der Waals surface area contributed by atoms with Crippen LogP contribution < -0.4 is 15.5 Å². The molecule has 2 aliphatic rings. The number of rotatable bonds is 5. The lowest BCUT2D eigenvalue weighted by Gasteiger charge is -2.34. The minimum atomic E-state index is -0.209. The molecule has 0 unspecified atom stereocenters. The van der Waals surface area contributed by atoms with Crippen molar-refractivity contribution in [2.75, 3.05) is 23.3 Å². The van der Waals surface area contributed by atoms with E-state index in [2.05, 4.69) is 32.4 Å². The number of nitrogens with zero attached hydrogens (tertiary/aromatic N) is 3. The third kappa shape index (κ3) is 5.26. The van der Waals surface area contributed by atoms with Crippen molar-refractivity contribution < 1.29 is 4.39 Å². The maximum absolute atomic E-state index is 13.4. The summed E-state index contributed by atoms with van der Waals surface area (Å²) < 4.78 is 13.4. The van der Waals surface area contributed by atoms with E-state index in [9.17, 15) is 4.39 Å². The summed E-state index contributed by atoms with van der Waals surface area (Å²) in [6, 6.07) is 9.10. The summed E-state index contributed by atoms with van der Waals surface area (Å²) in [5.74, 6) is 1.02. The zero-order valence-electron chi connectivity index (χ0n) is 17.8. The molecule has 31 heavy (non-hydrogen) atoms. The second-order valence-electron chi connectivity index (χ2n) is 8.71. The van der Waals surface area contributed by atoms with E-state index in [1.807, 2.05) is 18.2 Å². The number of benzene rings is 1. The molecule has 1 aliphatic heterocycles. The Morgan fingerprint density at radius 3 is 2.65 bits per heavy atom. The third-order valence-electron chi connectivity index (χ3n) is 6.61. The summed E-state index contributed by atoms with van der Waals surface area (Å²) in [6.07, 6.45) is 7.97. The Balaban J connectivity index is 1.43. The molecule has 1 atom stereocenters. The third-order valence-corrected chi connectivity index (χ3v) is 7.05.